The topological polar surface area (TPSA) is 76.8 Å². The zero-order valence-corrected chi connectivity index (χ0v) is 16.5. The van der Waals surface area contributed by atoms with Gasteiger partial charge in [-0.2, -0.15) is 4.37 Å². The van der Waals surface area contributed by atoms with E-state index in [4.69, 9.17) is 0 Å². The minimum atomic E-state index is -1.04. The number of rotatable bonds is 3. The van der Waals surface area contributed by atoms with E-state index in [0.29, 0.717) is 30.7 Å². The molecule has 5 rings (SSSR count). The lowest BCUT2D eigenvalue weighted by atomic mass is 9.85. The Balaban J connectivity index is 1.41. The van der Waals surface area contributed by atoms with Gasteiger partial charge in [0.2, 0.25) is 0 Å². The first kappa shape index (κ1) is 18.3. The molecule has 1 aliphatic heterocycles. The fourth-order valence-corrected chi connectivity index (χ4v) is 4.51. The highest BCUT2D eigenvalue weighted by Crippen LogP contribution is 2.37. The third kappa shape index (κ3) is 3.02. The van der Waals surface area contributed by atoms with Crippen LogP contribution in [0, 0.1) is 11.6 Å². The Morgan fingerprint density at radius 2 is 2.00 bits per heavy atom. The number of amides is 1. The van der Waals surface area contributed by atoms with Crippen LogP contribution >= 0.6 is 11.5 Å². The highest BCUT2D eigenvalue weighted by molar-refractivity contribution is 7.09. The van der Waals surface area contributed by atoms with Crippen LogP contribution in [0.15, 0.2) is 18.2 Å². The number of carbonyl (C=O) groups excluding carboxylic acids is 1. The Morgan fingerprint density at radius 3 is 2.72 bits per heavy atom. The molecule has 3 heterocycles. The lowest BCUT2D eigenvalue weighted by Gasteiger charge is -2.33. The maximum Gasteiger partial charge on any atom is 0.254 e. The molecule has 2 aromatic heterocycles. The van der Waals surface area contributed by atoms with Crippen LogP contribution < -0.4 is 0 Å². The van der Waals surface area contributed by atoms with Crippen molar-refractivity contribution in [2.45, 2.75) is 44.7 Å². The molecule has 7 nitrogen and oxygen atoms in total. The largest absolute Gasteiger partial charge is 0.327 e. The number of hydrogen-bond donors (Lipinski definition) is 0. The van der Waals surface area contributed by atoms with Crippen molar-refractivity contribution in [2.75, 3.05) is 6.54 Å². The first-order valence-corrected chi connectivity index (χ1v) is 10.3. The predicted molar refractivity (Wildman–Crippen MR) is 101 cm³/mol. The van der Waals surface area contributed by atoms with Gasteiger partial charge in [0.15, 0.2) is 28.3 Å². The van der Waals surface area contributed by atoms with E-state index in [0.717, 1.165) is 35.8 Å². The van der Waals surface area contributed by atoms with Crippen LogP contribution in [0.3, 0.4) is 0 Å². The Hall–Kier alpha value is -2.75. The van der Waals surface area contributed by atoms with Gasteiger partial charge in [-0.25, -0.2) is 13.8 Å². The second kappa shape index (κ2) is 6.94. The summed E-state index contributed by atoms with van der Waals surface area (Å²) >= 11 is 1.32. The number of aromatic nitrogens is 5. The summed E-state index contributed by atoms with van der Waals surface area (Å²) in [6.45, 7) is 2.75. The summed E-state index contributed by atoms with van der Waals surface area (Å²) in [6, 6.07) is 2.83. The number of halogens is 2. The Morgan fingerprint density at radius 1 is 1.17 bits per heavy atom. The Labute approximate surface area is 169 Å². The number of benzene rings is 1. The average Bonchev–Trinajstić information content (AvgIpc) is 3.30. The van der Waals surface area contributed by atoms with Crippen molar-refractivity contribution in [1.29, 1.82) is 0 Å². The third-order valence-electron chi connectivity index (χ3n) is 5.72. The molecule has 150 valence electrons. The summed E-state index contributed by atoms with van der Waals surface area (Å²) in [4.78, 5) is 19.1. The first-order valence-electron chi connectivity index (χ1n) is 9.56. The van der Waals surface area contributed by atoms with Crippen LogP contribution in [0.2, 0.25) is 0 Å². The number of hydrogen-bond acceptors (Lipinski definition) is 6. The van der Waals surface area contributed by atoms with Crippen molar-refractivity contribution in [3.63, 3.8) is 0 Å². The maximum absolute atomic E-state index is 13.5. The van der Waals surface area contributed by atoms with Crippen molar-refractivity contribution in [3.05, 3.63) is 47.0 Å². The molecule has 1 saturated carbocycles. The number of fused-ring (bicyclic) bond motifs is 1. The van der Waals surface area contributed by atoms with Gasteiger partial charge < -0.3 is 9.47 Å². The SMILES string of the molecule is C[C@@H]1c2nnc(-c3nc(C4CCC4)ns3)n2CCN1C(=O)c1ccc(F)c(F)c1. The van der Waals surface area contributed by atoms with Gasteiger partial charge in [-0.1, -0.05) is 6.42 Å². The molecule has 1 aliphatic carbocycles. The van der Waals surface area contributed by atoms with E-state index in [9.17, 15) is 13.6 Å². The predicted octanol–water partition coefficient (Wildman–Crippen LogP) is 3.56. The molecule has 10 heteroatoms. The normalized spacial score (nSPS) is 19.1. The van der Waals surface area contributed by atoms with Crippen LogP contribution in [-0.2, 0) is 6.54 Å². The van der Waals surface area contributed by atoms with Gasteiger partial charge in [-0.05, 0) is 49.5 Å². The molecule has 1 atom stereocenters. The molecule has 0 N–H and O–H groups in total. The highest BCUT2D eigenvalue weighted by atomic mass is 32.1. The van der Waals surface area contributed by atoms with E-state index in [1.54, 1.807) is 4.90 Å². The van der Waals surface area contributed by atoms with E-state index >= 15 is 0 Å². The van der Waals surface area contributed by atoms with Crippen LogP contribution in [0.5, 0.6) is 0 Å². The molecular weight excluding hydrogens is 398 g/mol. The summed E-state index contributed by atoms with van der Waals surface area (Å²) in [5.41, 5.74) is 0.109. The van der Waals surface area contributed by atoms with Gasteiger partial charge in [0.05, 0.1) is 6.04 Å². The summed E-state index contributed by atoms with van der Waals surface area (Å²) in [6.07, 6.45) is 3.48. The lowest BCUT2D eigenvalue weighted by molar-refractivity contribution is 0.0638. The van der Waals surface area contributed by atoms with E-state index in [1.807, 2.05) is 11.5 Å². The molecule has 0 spiro atoms. The molecule has 1 fully saturated rings. The molecule has 3 aromatic rings. The minimum Gasteiger partial charge on any atom is -0.327 e. The van der Waals surface area contributed by atoms with Crippen LogP contribution in [0.4, 0.5) is 8.78 Å². The smallest absolute Gasteiger partial charge is 0.254 e. The summed E-state index contributed by atoms with van der Waals surface area (Å²) in [5, 5.41) is 9.32. The van der Waals surface area contributed by atoms with Gasteiger partial charge >= 0.3 is 0 Å². The van der Waals surface area contributed by atoms with Gasteiger partial charge in [0, 0.05) is 24.6 Å². The second-order valence-corrected chi connectivity index (χ2v) is 8.17. The number of carbonyl (C=O) groups is 1. The van der Waals surface area contributed by atoms with Gasteiger partial charge in [-0.3, -0.25) is 4.79 Å². The third-order valence-corrected chi connectivity index (χ3v) is 6.44. The van der Waals surface area contributed by atoms with E-state index < -0.39 is 11.6 Å². The van der Waals surface area contributed by atoms with Gasteiger partial charge in [0.25, 0.3) is 5.91 Å². The van der Waals surface area contributed by atoms with Crippen LogP contribution in [0.25, 0.3) is 10.8 Å². The van der Waals surface area contributed by atoms with Gasteiger partial charge in [-0.15, -0.1) is 10.2 Å². The molecule has 0 radical (unpaired) electrons. The quantitative estimate of drug-likeness (QED) is 0.653. The summed E-state index contributed by atoms with van der Waals surface area (Å²) < 4.78 is 33.2. The molecule has 0 bridgehead atoms. The summed E-state index contributed by atoms with van der Waals surface area (Å²) in [5.74, 6) is 0.257. The highest BCUT2D eigenvalue weighted by Gasteiger charge is 2.33. The zero-order chi connectivity index (χ0) is 20.1. The second-order valence-electron chi connectivity index (χ2n) is 7.42. The molecule has 1 amide bonds. The fraction of sp³-hybridized carbons (Fsp3) is 0.421. The van der Waals surface area contributed by atoms with Crippen molar-refractivity contribution in [2.24, 2.45) is 0 Å². The summed E-state index contributed by atoms with van der Waals surface area (Å²) in [7, 11) is 0. The standard InChI is InChI=1S/C19H18F2N6OS/c1-10-16-23-24-17(18-22-15(25-29-18)11-3-2-4-11)27(16)8-7-26(10)19(28)12-5-6-13(20)14(21)9-12/h5-6,9-11H,2-4,7-8H2,1H3/t10-/m1/s1. The van der Waals surface area contributed by atoms with E-state index in [-0.39, 0.29) is 17.5 Å². The van der Waals surface area contributed by atoms with Crippen molar-refractivity contribution >= 4 is 17.4 Å². The lowest BCUT2D eigenvalue weighted by Crippen LogP contribution is -2.41. The Bertz CT molecular complexity index is 1090. The molecule has 29 heavy (non-hydrogen) atoms. The van der Waals surface area contributed by atoms with Crippen LogP contribution in [-0.4, -0.2) is 41.5 Å². The van der Waals surface area contributed by atoms with Crippen molar-refractivity contribution in [1.82, 2.24) is 29.0 Å². The van der Waals surface area contributed by atoms with Gasteiger partial charge in [0.1, 0.15) is 5.82 Å². The fourth-order valence-electron chi connectivity index (χ4n) is 3.77. The van der Waals surface area contributed by atoms with Crippen molar-refractivity contribution < 1.29 is 13.6 Å². The maximum atomic E-state index is 13.5. The Kier molecular flexibility index (Phi) is 4.38. The average molecular weight is 416 g/mol. The first-order chi connectivity index (χ1) is 14.0. The molecule has 2 aliphatic rings. The molecule has 1 aromatic carbocycles. The van der Waals surface area contributed by atoms with E-state index in [1.165, 1.54) is 24.0 Å². The number of nitrogens with zero attached hydrogens (tertiary/aromatic N) is 6. The molecular formula is C19H18F2N6OS. The van der Waals surface area contributed by atoms with Crippen LogP contribution in [0.1, 0.15) is 60.2 Å². The minimum absolute atomic E-state index is 0.109. The van der Waals surface area contributed by atoms with E-state index in [2.05, 4.69) is 19.6 Å². The monoisotopic (exact) mass is 416 g/mol. The molecule has 0 saturated heterocycles. The van der Waals surface area contributed by atoms with Crippen molar-refractivity contribution in [3.8, 4) is 10.8 Å². The molecule has 0 unspecified atom stereocenters. The zero-order valence-electron chi connectivity index (χ0n) is 15.7.